The molecule has 34 heavy (non-hydrogen) atoms. The lowest BCUT2D eigenvalue weighted by atomic mass is 9.87. The third-order valence-electron chi connectivity index (χ3n) is 5.87. The number of cyclic esters (lactones) is 1. The van der Waals surface area contributed by atoms with E-state index in [2.05, 4.69) is 13.7 Å². The van der Waals surface area contributed by atoms with Crippen molar-refractivity contribution in [3.8, 4) is 11.6 Å². The Morgan fingerprint density at radius 1 is 1.03 bits per heavy atom. The van der Waals surface area contributed by atoms with E-state index in [1.54, 1.807) is 55.8 Å². The third kappa shape index (κ3) is 3.68. The van der Waals surface area contributed by atoms with Gasteiger partial charge in [-0.3, -0.25) is 0 Å². The van der Waals surface area contributed by atoms with Gasteiger partial charge in [-0.1, -0.05) is 6.07 Å². The molecule has 172 valence electrons. The molecule has 1 N–H and O–H groups in total. The Morgan fingerprint density at radius 2 is 1.85 bits per heavy atom. The van der Waals surface area contributed by atoms with E-state index in [-0.39, 0.29) is 6.42 Å². The summed E-state index contributed by atoms with van der Waals surface area (Å²) in [7, 11) is 3.11. The first kappa shape index (κ1) is 22.0. The van der Waals surface area contributed by atoms with Crippen LogP contribution in [-0.2, 0) is 21.7 Å². The van der Waals surface area contributed by atoms with E-state index < -0.39 is 11.8 Å². The summed E-state index contributed by atoms with van der Waals surface area (Å²) >= 11 is 1.10. The average Bonchev–Trinajstić information content (AvgIpc) is 3.41. The number of hydrogen-bond acceptors (Lipinski definition) is 9. The van der Waals surface area contributed by atoms with Gasteiger partial charge < -0.3 is 19.3 Å². The van der Waals surface area contributed by atoms with Crippen molar-refractivity contribution >= 4 is 34.3 Å². The van der Waals surface area contributed by atoms with Crippen LogP contribution in [0.4, 0.5) is 0 Å². The molecule has 5 rings (SSSR count). The second kappa shape index (κ2) is 8.51. The number of carbonyl (C=O) groups excluding carboxylic acids is 1. The van der Waals surface area contributed by atoms with Gasteiger partial charge in [0.1, 0.15) is 16.8 Å². The number of aliphatic hydroxyl groups is 1. The number of aryl methyl sites for hydroxylation is 1. The van der Waals surface area contributed by atoms with Crippen molar-refractivity contribution in [3.05, 3.63) is 82.6 Å². The normalized spacial score (nSPS) is 17.8. The highest BCUT2D eigenvalue weighted by Gasteiger charge is 2.48. The number of benzene rings is 2. The molecule has 0 fully saturated rings. The van der Waals surface area contributed by atoms with Gasteiger partial charge in [0.05, 0.1) is 31.5 Å². The van der Waals surface area contributed by atoms with Crippen LogP contribution < -0.4 is 9.47 Å². The second-order valence-electron chi connectivity index (χ2n) is 7.92. The SMILES string of the molecule is COc1cc(CC2=C(c3ccc4nsnc4c3)C(=O)OC2(O)c2ccc(OC)c(C)c2)ccn1. The van der Waals surface area contributed by atoms with E-state index in [0.29, 0.717) is 39.4 Å². The Morgan fingerprint density at radius 3 is 2.62 bits per heavy atom. The number of rotatable bonds is 6. The number of ether oxygens (including phenoxy) is 3. The molecule has 0 spiro atoms. The summed E-state index contributed by atoms with van der Waals surface area (Å²) < 4.78 is 24.8. The minimum Gasteiger partial charge on any atom is -0.496 e. The van der Waals surface area contributed by atoms with Gasteiger partial charge in [-0.25, -0.2) is 9.78 Å². The van der Waals surface area contributed by atoms with Crippen molar-refractivity contribution in [2.75, 3.05) is 14.2 Å². The van der Waals surface area contributed by atoms with Crippen LogP contribution >= 0.6 is 11.7 Å². The zero-order valence-electron chi connectivity index (χ0n) is 18.7. The monoisotopic (exact) mass is 475 g/mol. The molecular weight excluding hydrogens is 454 g/mol. The van der Waals surface area contributed by atoms with Crippen molar-refractivity contribution in [1.82, 2.24) is 13.7 Å². The largest absolute Gasteiger partial charge is 0.496 e. The Balaban J connectivity index is 1.70. The fourth-order valence-electron chi connectivity index (χ4n) is 4.18. The van der Waals surface area contributed by atoms with E-state index in [1.165, 1.54) is 7.11 Å². The molecule has 0 aliphatic carbocycles. The summed E-state index contributed by atoms with van der Waals surface area (Å²) in [4.78, 5) is 17.4. The van der Waals surface area contributed by atoms with E-state index >= 15 is 0 Å². The predicted octanol–water partition coefficient (Wildman–Crippen LogP) is 3.81. The lowest BCUT2D eigenvalue weighted by molar-refractivity contribution is -0.185. The van der Waals surface area contributed by atoms with Crippen LogP contribution in [0.15, 0.2) is 60.3 Å². The highest BCUT2D eigenvalue weighted by Crippen LogP contribution is 2.45. The number of methoxy groups -OCH3 is 2. The molecule has 0 amide bonds. The van der Waals surface area contributed by atoms with E-state index in [1.807, 2.05) is 13.0 Å². The Labute approximate surface area is 199 Å². The fraction of sp³-hybridized carbons (Fsp3) is 0.200. The number of hydrogen-bond donors (Lipinski definition) is 1. The first-order valence-electron chi connectivity index (χ1n) is 10.5. The van der Waals surface area contributed by atoms with Gasteiger partial charge in [0.2, 0.25) is 5.88 Å². The van der Waals surface area contributed by atoms with Crippen LogP contribution in [0.2, 0.25) is 0 Å². The van der Waals surface area contributed by atoms with Crippen LogP contribution in [0.25, 0.3) is 16.6 Å². The molecule has 2 aromatic heterocycles. The standard InChI is InChI=1S/C25H21N3O5S/c1-14-10-17(5-7-21(14)31-2)25(30)18(11-15-8-9-26-22(12-15)32-3)23(24(29)33-25)16-4-6-19-20(13-16)28-34-27-19/h4-10,12-13,30H,11H2,1-3H3. The van der Waals surface area contributed by atoms with Crippen molar-refractivity contribution in [2.24, 2.45) is 0 Å². The molecule has 2 aromatic carbocycles. The first-order valence-corrected chi connectivity index (χ1v) is 11.2. The number of nitrogens with zero attached hydrogens (tertiary/aromatic N) is 3. The number of pyridine rings is 1. The number of carbonyl (C=O) groups is 1. The van der Waals surface area contributed by atoms with E-state index in [9.17, 15) is 9.90 Å². The molecule has 4 aromatic rings. The maximum atomic E-state index is 13.2. The summed E-state index contributed by atoms with van der Waals surface area (Å²) in [5.74, 6) is -1.48. The molecule has 1 aliphatic rings. The number of fused-ring (bicyclic) bond motifs is 1. The topological polar surface area (TPSA) is 104 Å². The summed E-state index contributed by atoms with van der Waals surface area (Å²) in [6, 6.07) is 14.2. The Bertz CT molecular complexity index is 1450. The number of esters is 1. The molecule has 3 heterocycles. The predicted molar refractivity (Wildman–Crippen MR) is 127 cm³/mol. The molecule has 1 aliphatic heterocycles. The van der Waals surface area contributed by atoms with Crippen LogP contribution in [0.1, 0.15) is 22.3 Å². The maximum absolute atomic E-state index is 13.2. The molecule has 9 heteroatoms. The molecule has 1 atom stereocenters. The quantitative estimate of drug-likeness (QED) is 0.420. The summed E-state index contributed by atoms with van der Waals surface area (Å²) in [6.45, 7) is 1.86. The first-order chi connectivity index (χ1) is 16.4. The summed E-state index contributed by atoms with van der Waals surface area (Å²) in [5.41, 5.74) is 4.75. The molecule has 1 unspecified atom stereocenters. The Kier molecular flexibility index (Phi) is 5.51. The van der Waals surface area contributed by atoms with E-state index in [4.69, 9.17) is 14.2 Å². The molecule has 0 saturated carbocycles. The zero-order chi connectivity index (χ0) is 23.9. The molecular formula is C25H21N3O5S. The fourth-order valence-corrected chi connectivity index (χ4v) is 4.69. The van der Waals surface area contributed by atoms with Gasteiger partial charge in [-0.15, -0.1) is 0 Å². The minimum atomic E-state index is -1.96. The van der Waals surface area contributed by atoms with E-state index in [0.717, 1.165) is 28.4 Å². The molecule has 8 nitrogen and oxygen atoms in total. The lowest BCUT2D eigenvalue weighted by Crippen LogP contribution is -2.30. The number of aromatic nitrogens is 3. The minimum absolute atomic E-state index is 0.231. The van der Waals surface area contributed by atoms with Gasteiger partial charge in [-0.2, -0.15) is 8.75 Å². The molecule has 0 bridgehead atoms. The van der Waals surface area contributed by atoms with Crippen molar-refractivity contribution in [1.29, 1.82) is 0 Å². The van der Waals surface area contributed by atoms with Gasteiger partial charge in [0.25, 0.3) is 5.79 Å². The van der Waals surface area contributed by atoms with Gasteiger partial charge in [0, 0.05) is 29.8 Å². The smallest absolute Gasteiger partial charge is 0.342 e. The van der Waals surface area contributed by atoms with Crippen molar-refractivity contribution in [2.45, 2.75) is 19.1 Å². The van der Waals surface area contributed by atoms with Crippen LogP contribution in [-0.4, -0.2) is 39.0 Å². The zero-order valence-corrected chi connectivity index (χ0v) is 19.5. The van der Waals surface area contributed by atoms with Gasteiger partial charge in [0.15, 0.2) is 0 Å². The average molecular weight is 476 g/mol. The highest BCUT2D eigenvalue weighted by molar-refractivity contribution is 7.00. The van der Waals surface area contributed by atoms with Crippen molar-refractivity contribution in [3.63, 3.8) is 0 Å². The van der Waals surface area contributed by atoms with Crippen LogP contribution in [0.5, 0.6) is 11.6 Å². The second-order valence-corrected chi connectivity index (χ2v) is 8.45. The summed E-state index contributed by atoms with van der Waals surface area (Å²) in [5, 5.41) is 11.9. The van der Waals surface area contributed by atoms with Gasteiger partial charge in [-0.05, 0) is 60.0 Å². The lowest BCUT2D eigenvalue weighted by Gasteiger charge is -2.26. The molecule has 0 radical (unpaired) electrons. The molecule has 0 saturated heterocycles. The highest BCUT2D eigenvalue weighted by atomic mass is 32.1. The van der Waals surface area contributed by atoms with Crippen LogP contribution in [0, 0.1) is 6.92 Å². The van der Waals surface area contributed by atoms with Crippen LogP contribution in [0.3, 0.4) is 0 Å². The maximum Gasteiger partial charge on any atom is 0.342 e. The van der Waals surface area contributed by atoms with Gasteiger partial charge >= 0.3 is 5.97 Å². The Hall–Kier alpha value is -3.82. The third-order valence-corrected chi connectivity index (χ3v) is 6.43. The van der Waals surface area contributed by atoms with Crippen molar-refractivity contribution < 1.29 is 24.1 Å². The summed E-state index contributed by atoms with van der Waals surface area (Å²) in [6.07, 6.45) is 1.85.